The molecule has 0 spiro atoms. The molecule has 0 saturated carbocycles. The number of aliphatic carboxylic acids is 1. The van der Waals surface area contributed by atoms with Crippen molar-refractivity contribution in [3.8, 4) is 16.9 Å². The van der Waals surface area contributed by atoms with Crippen LogP contribution in [0.3, 0.4) is 0 Å². The van der Waals surface area contributed by atoms with Gasteiger partial charge in [-0.25, -0.2) is 18.6 Å². The second-order valence-corrected chi connectivity index (χ2v) is 11.3. The summed E-state index contributed by atoms with van der Waals surface area (Å²) in [7, 11) is 1.92. The van der Waals surface area contributed by atoms with E-state index in [4.69, 9.17) is 26.1 Å². The number of rotatable bonds is 6. The van der Waals surface area contributed by atoms with Crippen LogP contribution >= 0.6 is 11.6 Å². The summed E-state index contributed by atoms with van der Waals surface area (Å²) in [6, 6.07) is 9.23. The average Bonchev–Trinajstić information content (AvgIpc) is 3.26. The number of carboxylic acids is 1. The molecule has 5 rings (SSSR count). The fraction of sp³-hybridized carbons (Fsp3) is 0.333. The van der Waals surface area contributed by atoms with E-state index in [1.54, 1.807) is 33.9 Å². The zero-order chi connectivity index (χ0) is 28.9. The SMILES string of the molecule is Cc1nc2c(ccn2Cc2ccc(F)c(F)c2)c(-c2ccc3c(c2Cl)N(C)CCO3)c1C(OC(C)(C)C)C(=O)O. The molecule has 0 aliphatic carbocycles. The van der Waals surface area contributed by atoms with Crippen molar-refractivity contribution in [3.05, 3.63) is 76.1 Å². The van der Waals surface area contributed by atoms with Crippen LogP contribution in [0.4, 0.5) is 14.5 Å². The number of likely N-dealkylation sites (N-methyl/N-ethyl adjacent to an activating group) is 1. The Labute approximate surface area is 235 Å². The second kappa shape index (κ2) is 10.4. The maximum Gasteiger partial charge on any atom is 0.337 e. The highest BCUT2D eigenvalue weighted by Crippen LogP contribution is 2.48. The van der Waals surface area contributed by atoms with E-state index in [1.165, 1.54) is 6.07 Å². The summed E-state index contributed by atoms with van der Waals surface area (Å²) in [5, 5.41) is 11.4. The number of hydrogen-bond acceptors (Lipinski definition) is 5. The van der Waals surface area contributed by atoms with E-state index in [9.17, 15) is 18.7 Å². The number of hydrogen-bond donors (Lipinski definition) is 1. The van der Waals surface area contributed by atoms with E-state index < -0.39 is 29.3 Å². The van der Waals surface area contributed by atoms with Gasteiger partial charge in [-0.05, 0) is 63.6 Å². The molecule has 1 N–H and O–H groups in total. The number of carboxylic acid groups (broad SMARTS) is 1. The first-order chi connectivity index (χ1) is 18.9. The van der Waals surface area contributed by atoms with Crippen LogP contribution in [0, 0.1) is 18.6 Å². The summed E-state index contributed by atoms with van der Waals surface area (Å²) in [6.45, 7) is 8.50. The van der Waals surface area contributed by atoms with Gasteiger partial charge in [0.2, 0.25) is 0 Å². The van der Waals surface area contributed by atoms with Crippen molar-refractivity contribution in [2.45, 2.75) is 45.9 Å². The highest BCUT2D eigenvalue weighted by Gasteiger charge is 2.34. The molecule has 4 aromatic rings. The lowest BCUT2D eigenvalue weighted by atomic mass is 9.91. The molecule has 2 aromatic carbocycles. The van der Waals surface area contributed by atoms with Crippen molar-refractivity contribution < 1.29 is 28.2 Å². The number of nitrogens with zero attached hydrogens (tertiary/aromatic N) is 3. The number of aromatic nitrogens is 2. The maximum atomic E-state index is 13.9. The summed E-state index contributed by atoms with van der Waals surface area (Å²) in [6.07, 6.45) is 0.454. The van der Waals surface area contributed by atoms with Crippen molar-refractivity contribution in [3.63, 3.8) is 0 Å². The molecule has 0 bridgehead atoms. The Balaban J connectivity index is 1.78. The first kappa shape index (κ1) is 27.9. The van der Waals surface area contributed by atoms with Crippen LogP contribution in [0.25, 0.3) is 22.2 Å². The third kappa shape index (κ3) is 5.11. The zero-order valence-electron chi connectivity index (χ0n) is 22.9. The summed E-state index contributed by atoms with van der Waals surface area (Å²) < 4.78 is 41.2. The van der Waals surface area contributed by atoms with Gasteiger partial charge in [0.25, 0.3) is 0 Å². The molecule has 1 atom stereocenters. The smallest absolute Gasteiger partial charge is 0.337 e. The Bertz CT molecular complexity index is 1630. The number of benzene rings is 2. The molecule has 1 aliphatic rings. The molecular formula is C30H30ClF2N3O4. The lowest BCUT2D eigenvalue weighted by molar-refractivity contribution is -0.160. The minimum Gasteiger partial charge on any atom is -0.490 e. The molecule has 10 heteroatoms. The van der Waals surface area contributed by atoms with Gasteiger partial charge in [-0.3, -0.25) is 0 Å². The fourth-order valence-electron chi connectivity index (χ4n) is 5.11. The molecule has 2 aromatic heterocycles. The number of halogens is 3. The monoisotopic (exact) mass is 569 g/mol. The number of pyridine rings is 1. The van der Waals surface area contributed by atoms with Gasteiger partial charge in [-0.2, -0.15) is 0 Å². The van der Waals surface area contributed by atoms with Gasteiger partial charge in [0, 0.05) is 47.6 Å². The molecular weight excluding hydrogens is 540 g/mol. The quantitative estimate of drug-likeness (QED) is 0.276. The normalized spacial score (nSPS) is 14.2. The highest BCUT2D eigenvalue weighted by atomic mass is 35.5. The van der Waals surface area contributed by atoms with Crippen LogP contribution in [0.5, 0.6) is 5.75 Å². The summed E-state index contributed by atoms with van der Waals surface area (Å²) >= 11 is 7.05. The second-order valence-electron chi connectivity index (χ2n) is 10.9. The summed E-state index contributed by atoms with van der Waals surface area (Å²) in [5.41, 5.74) is 3.06. The molecule has 0 fully saturated rings. The van der Waals surface area contributed by atoms with E-state index in [0.29, 0.717) is 68.6 Å². The van der Waals surface area contributed by atoms with Crippen LogP contribution in [0.2, 0.25) is 5.02 Å². The first-order valence-electron chi connectivity index (χ1n) is 12.9. The maximum absolute atomic E-state index is 13.9. The Hall–Kier alpha value is -3.69. The van der Waals surface area contributed by atoms with Crippen LogP contribution in [0.1, 0.15) is 43.7 Å². The minimum atomic E-state index is -1.33. The lowest BCUT2D eigenvalue weighted by Gasteiger charge is -2.31. The lowest BCUT2D eigenvalue weighted by Crippen LogP contribution is -2.29. The standard InChI is InChI=1S/C30H30ClF2N3O4/c1-16-23(27(29(37)38)40-30(2,3)4)24(18-7-9-22-26(25(18)31)35(5)12-13-39-22)19-10-11-36(28(19)34-16)15-17-6-8-20(32)21(33)14-17/h6-11,14,27H,12-13,15H2,1-5H3,(H,37,38). The number of carbonyl (C=O) groups is 1. The van der Waals surface area contributed by atoms with Crippen molar-refractivity contribution in [2.75, 3.05) is 25.1 Å². The van der Waals surface area contributed by atoms with Crippen LogP contribution in [-0.4, -0.2) is 46.4 Å². The molecule has 0 amide bonds. The Morgan fingerprint density at radius 3 is 2.62 bits per heavy atom. The van der Waals surface area contributed by atoms with Gasteiger partial charge in [0.05, 0.1) is 22.9 Å². The number of anilines is 1. The Kier molecular flexibility index (Phi) is 7.22. The van der Waals surface area contributed by atoms with Crippen molar-refractivity contribution >= 4 is 34.3 Å². The van der Waals surface area contributed by atoms with Gasteiger partial charge in [-0.1, -0.05) is 17.7 Å². The van der Waals surface area contributed by atoms with Gasteiger partial charge in [0.15, 0.2) is 17.7 Å². The molecule has 1 aliphatic heterocycles. The van der Waals surface area contributed by atoms with E-state index in [2.05, 4.69) is 0 Å². The molecule has 0 radical (unpaired) electrons. The largest absolute Gasteiger partial charge is 0.490 e. The van der Waals surface area contributed by atoms with Crippen molar-refractivity contribution in [1.82, 2.24) is 9.55 Å². The van der Waals surface area contributed by atoms with Crippen molar-refractivity contribution in [2.24, 2.45) is 0 Å². The molecule has 1 unspecified atom stereocenters. The third-order valence-corrected chi connectivity index (χ3v) is 7.23. The molecule has 40 heavy (non-hydrogen) atoms. The van der Waals surface area contributed by atoms with Crippen LogP contribution in [-0.2, 0) is 16.1 Å². The van der Waals surface area contributed by atoms with Crippen LogP contribution < -0.4 is 9.64 Å². The predicted octanol–water partition coefficient (Wildman–Crippen LogP) is 6.76. The van der Waals surface area contributed by atoms with Gasteiger partial charge in [-0.15, -0.1) is 0 Å². The Morgan fingerprint density at radius 1 is 1.20 bits per heavy atom. The Morgan fingerprint density at radius 2 is 1.95 bits per heavy atom. The first-order valence-corrected chi connectivity index (χ1v) is 13.2. The number of aryl methyl sites for hydroxylation is 1. The number of fused-ring (bicyclic) bond motifs is 2. The summed E-state index contributed by atoms with van der Waals surface area (Å²) in [4.78, 5) is 19.4. The predicted molar refractivity (Wildman–Crippen MR) is 150 cm³/mol. The summed E-state index contributed by atoms with van der Waals surface area (Å²) in [5.74, 6) is -2.37. The van der Waals surface area contributed by atoms with Crippen molar-refractivity contribution in [1.29, 1.82) is 0 Å². The van der Waals surface area contributed by atoms with Gasteiger partial charge < -0.3 is 24.0 Å². The van der Waals surface area contributed by atoms with Crippen LogP contribution in [0.15, 0.2) is 42.6 Å². The van der Waals surface area contributed by atoms with Gasteiger partial charge >= 0.3 is 5.97 Å². The third-order valence-electron chi connectivity index (χ3n) is 6.85. The molecule has 7 nitrogen and oxygen atoms in total. The highest BCUT2D eigenvalue weighted by molar-refractivity contribution is 6.37. The molecule has 210 valence electrons. The zero-order valence-corrected chi connectivity index (χ0v) is 23.6. The average molecular weight is 570 g/mol. The van der Waals surface area contributed by atoms with E-state index in [-0.39, 0.29) is 6.54 Å². The van der Waals surface area contributed by atoms with E-state index in [1.807, 2.05) is 34.7 Å². The van der Waals surface area contributed by atoms with Gasteiger partial charge in [0.1, 0.15) is 18.0 Å². The molecule has 3 heterocycles. The topological polar surface area (TPSA) is 76.8 Å². The minimum absolute atomic E-state index is 0.223. The fourth-order valence-corrected chi connectivity index (χ4v) is 5.50. The number of ether oxygens (including phenoxy) is 2. The van der Waals surface area contributed by atoms with E-state index >= 15 is 0 Å². The molecule has 0 saturated heterocycles. The van der Waals surface area contributed by atoms with E-state index in [0.717, 1.165) is 12.1 Å².